The Labute approximate surface area is 55.6 Å². The zero-order chi connectivity index (χ0) is 5.82. The summed E-state index contributed by atoms with van der Waals surface area (Å²) < 4.78 is 0. The fraction of sp³-hybridized carbons (Fsp3) is 0.571. The molecule has 0 bridgehead atoms. The van der Waals surface area contributed by atoms with E-state index >= 15 is 0 Å². The minimum absolute atomic E-state index is 1.08. The van der Waals surface area contributed by atoms with Crippen LogP contribution in [-0.2, 0) is 0 Å². The van der Waals surface area contributed by atoms with Gasteiger partial charge in [0.25, 0.3) is 0 Å². The summed E-state index contributed by atoms with van der Waals surface area (Å²) in [5.41, 5.74) is 1.60. The first-order valence-electron chi connectivity index (χ1n) is 3.05. The van der Waals surface area contributed by atoms with Crippen LogP contribution in [0.5, 0.6) is 0 Å². The van der Waals surface area contributed by atoms with Crippen molar-refractivity contribution < 1.29 is 0 Å². The van der Waals surface area contributed by atoms with Crippen LogP contribution >= 0.6 is 12.2 Å². The van der Waals surface area contributed by atoms with Crippen LogP contribution < -0.4 is 0 Å². The van der Waals surface area contributed by atoms with Gasteiger partial charge in [-0.3, -0.25) is 0 Å². The van der Waals surface area contributed by atoms with Crippen LogP contribution in [0.15, 0.2) is 11.6 Å². The van der Waals surface area contributed by atoms with Crippen molar-refractivity contribution >= 4 is 17.6 Å². The Bertz CT molecular complexity index is 114. The molecule has 0 aromatic carbocycles. The third-order valence-corrected chi connectivity index (χ3v) is 1.72. The highest BCUT2D eigenvalue weighted by Gasteiger charge is 2.02. The lowest BCUT2D eigenvalue weighted by Gasteiger charge is -2.11. The predicted octanol–water partition coefficient (Wildman–Crippen LogP) is 2.49. The molecule has 0 saturated heterocycles. The van der Waals surface area contributed by atoms with Gasteiger partial charge >= 0.3 is 0 Å². The van der Waals surface area contributed by atoms with Crippen LogP contribution in [0.4, 0.5) is 0 Å². The molecule has 0 radical (unpaired) electrons. The molecule has 0 saturated carbocycles. The van der Waals surface area contributed by atoms with E-state index in [-0.39, 0.29) is 0 Å². The van der Waals surface area contributed by atoms with E-state index in [4.69, 9.17) is 12.2 Å². The third-order valence-electron chi connectivity index (χ3n) is 1.48. The average Bonchev–Trinajstić information content (AvgIpc) is 1.63. The van der Waals surface area contributed by atoms with Crippen molar-refractivity contribution in [1.29, 1.82) is 0 Å². The van der Waals surface area contributed by atoms with Gasteiger partial charge in [-0.1, -0.05) is 23.9 Å². The highest BCUT2D eigenvalue weighted by Crippen LogP contribution is 2.21. The Hall–Kier alpha value is -0.170. The molecule has 0 nitrogen and oxygen atoms in total. The van der Waals surface area contributed by atoms with E-state index in [0.717, 1.165) is 6.42 Å². The number of thiocarbonyl (C=S) groups is 1. The molecule has 0 amide bonds. The number of hydrogen-bond acceptors (Lipinski definition) is 1. The van der Waals surface area contributed by atoms with Crippen molar-refractivity contribution in [3.8, 4) is 0 Å². The first-order valence-corrected chi connectivity index (χ1v) is 3.52. The lowest BCUT2D eigenvalue weighted by molar-refractivity contribution is 0.801. The molecule has 0 aliphatic heterocycles. The lowest BCUT2D eigenvalue weighted by Crippen LogP contribution is -1.92. The van der Waals surface area contributed by atoms with Gasteiger partial charge < -0.3 is 0 Å². The molecule has 1 rings (SSSR count). The van der Waals surface area contributed by atoms with Gasteiger partial charge in [0.15, 0.2) is 0 Å². The number of allylic oxidation sites excluding steroid dienone is 2. The van der Waals surface area contributed by atoms with E-state index in [1.807, 2.05) is 5.37 Å². The summed E-state index contributed by atoms with van der Waals surface area (Å²) >= 11 is 4.69. The second-order valence-corrected chi connectivity index (χ2v) is 2.44. The van der Waals surface area contributed by atoms with Crippen molar-refractivity contribution in [3.63, 3.8) is 0 Å². The minimum atomic E-state index is 1.08. The first kappa shape index (κ1) is 5.96. The van der Waals surface area contributed by atoms with E-state index in [0.29, 0.717) is 0 Å². The van der Waals surface area contributed by atoms with Crippen LogP contribution in [0.3, 0.4) is 0 Å². The quantitative estimate of drug-likeness (QED) is 0.413. The molecular formula is C7H10S. The zero-order valence-electron chi connectivity index (χ0n) is 4.89. The van der Waals surface area contributed by atoms with Crippen LogP contribution in [0.2, 0.25) is 0 Å². The van der Waals surface area contributed by atoms with E-state index in [9.17, 15) is 0 Å². The van der Waals surface area contributed by atoms with E-state index in [2.05, 4.69) is 6.08 Å². The van der Waals surface area contributed by atoms with Crippen LogP contribution in [0, 0.1) is 0 Å². The summed E-state index contributed by atoms with van der Waals surface area (Å²) in [7, 11) is 0. The van der Waals surface area contributed by atoms with Gasteiger partial charge in [-0.15, -0.1) is 0 Å². The van der Waals surface area contributed by atoms with Crippen LogP contribution in [-0.4, -0.2) is 5.37 Å². The molecule has 0 aromatic rings. The fourth-order valence-corrected chi connectivity index (χ4v) is 0.938. The van der Waals surface area contributed by atoms with Crippen molar-refractivity contribution in [2.45, 2.75) is 25.7 Å². The molecule has 0 fully saturated rings. The number of rotatable bonds is 3. The van der Waals surface area contributed by atoms with Crippen molar-refractivity contribution in [2.24, 2.45) is 0 Å². The summed E-state index contributed by atoms with van der Waals surface area (Å²) in [5.74, 6) is 0. The maximum absolute atomic E-state index is 4.69. The van der Waals surface area contributed by atoms with Crippen molar-refractivity contribution in [3.05, 3.63) is 11.6 Å². The molecule has 0 spiro atoms. The van der Waals surface area contributed by atoms with Crippen LogP contribution in [0.1, 0.15) is 25.7 Å². The largest absolute Gasteiger partial charge is 0.0935 e. The molecule has 8 heavy (non-hydrogen) atoms. The molecular weight excluding hydrogens is 116 g/mol. The van der Waals surface area contributed by atoms with Gasteiger partial charge in [-0.2, -0.15) is 0 Å². The zero-order valence-corrected chi connectivity index (χ0v) is 5.71. The van der Waals surface area contributed by atoms with E-state index in [1.165, 1.54) is 19.3 Å². The minimum Gasteiger partial charge on any atom is -0.0935 e. The van der Waals surface area contributed by atoms with E-state index in [1.54, 1.807) is 5.57 Å². The molecule has 44 valence electrons. The summed E-state index contributed by atoms with van der Waals surface area (Å²) in [6, 6.07) is 0. The number of hydrogen-bond donors (Lipinski definition) is 0. The molecule has 0 heterocycles. The Morgan fingerprint density at radius 3 is 2.88 bits per heavy atom. The second-order valence-electron chi connectivity index (χ2n) is 2.11. The van der Waals surface area contributed by atoms with Gasteiger partial charge in [0.2, 0.25) is 0 Å². The van der Waals surface area contributed by atoms with Crippen molar-refractivity contribution in [1.82, 2.24) is 0 Å². The summed E-state index contributed by atoms with van der Waals surface area (Å²) in [4.78, 5) is 0. The summed E-state index contributed by atoms with van der Waals surface area (Å²) in [6.45, 7) is 0. The maximum atomic E-state index is 4.69. The molecule has 1 heteroatoms. The fourth-order valence-electron chi connectivity index (χ4n) is 0.820. The second kappa shape index (κ2) is 2.98. The predicted molar refractivity (Wildman–Crippen MR) is 40.2 cm³/mol. The lowest BCUT2D eigenvalue weighted by atomic mass is 9.95. The topological polar surface area (TPSA) is 0 Å². The smallest absolute Gasteiger partial charge is 0.0207 e. The molecule has 0 unspecified atom stereocenters. The van der Waals surface area contributed by atoms with Crippen molar-refractivity contribution in [2.75, 3.05) is 0 Å². The molecule has 0 atom stereocenters. The molecule has 0 N–H and O–H groups in total. The average molecular weight is 126 g/mol. The molecule has 1 aliphatic rings. The van der Waals surface area contributed by atoms with Gasteiger partial charge in [0.1, 0.15) is 0 Å². The Kier molecular flexibility index (Phi) is 2.22. The highest BCUT2D eigenvalue weighted by molar-refractivity contribution is 7.78. The standard InChI is InChI=1S/C7H10S/c8-6-2-5-7-3-1-4-7/h3,6H,1-2,4-5H2. The van der Waals surface area contributed by atoms with Crippen LogP contribution in [0.25, 0.3) is 0 Å². The first-order chi connectivity index (χ1) is 3.93. The van der Waals surface area contributed by atoms with Gasteiger partial charge in [0.05, 0.1) is 0 Å². The SMILES string of the molecule is S=CCCC1=CCC1. The van der Waals surface area contributed by atoms with Gasteiger partial charge in [-0.25, -0.2) is 0 Å². The normalized spacial score (nSPS) is 16.8. The maximum Gasteiger partial charge on any atom is -0.0207 e. The highest BCUT2D eigenvalue weighted by atomic mass is 32.1. The Morgan fingerprint density at radius 2 is 2.50 bits per heavy atom. The Morgan fingerprint density at radius 1 is 1.75 bits per heavy atom. The Balaban J connectivity index is 2.10. The molecule has 0 aromatic heterocycles. The summed E-state index contributed by atoms with van der Waals surface area (Å²) in [5, 5.41) is 1.82. The van der Waals surface area contributed by atoms with Gasteiger partial charge in [-0.05, 0) is 31.1 Å². The summed E-state index contributed by atoms with van der Waals surface area (Å²) in [6.07, 6.45) is 7.22. The van der Waals surface area contributed by atoms with Gasteiger partial charge in [0, 0.05) is 0 Å². The third kappa shape index (κ3) is 1.41. The monoisotopic (exact) mass is 126 g/mol. The molecule has 1 aliphatic carbocycles. The van der Waals surface area contributed by atoms with E-state index < -0.39 is 0 Å².